The monoisotopic (exact) mass is 250 g/mol. The first-order valence-electron chi connectivity index (χ1n) is 5.90. The van der Waals surface area contributed by atoms with Gasteiger partial charge in [0.1, 0.15) is 0 Å². The molecule has 0 aromatic carbocycles. The Kier molecular flexibility index (Phi) is 3.23. The molecule has 1 aromatic heterocycles. The highest BCUT2D eigenvalue weighted by Gasteiger charge is 2.49. The van der Waals surface area contributed by atoms with Crippen LogP contribution in [0.15, 0.2) is 18.1 Å². The van der Waals surface area contributed by atoms with Crippen LogP contribution >= 0.6 is 11.3 Å². The third-order valence-corrected chi connectivity index (χ3v) is 4.42. The van der Waals surface area contributed by atoms with Gasteiger partial charge < -0.3 is 9.31 Å². The number of aryl methyl sites for hydroxylation is 1. The minimum absolute atomic E-state index is 0.248. The minimum atomic E-state index is -0.257. The Hall–Kier alpha value is -0.575. The zero-order chi connectivity index (χ0) is 12.7. The summed E-state index contributed by atoms with van der Waals surface area (Å²) in [6.45, 7) is 10.4. The Balaban J connectivity index is 2.05. The molecule has 0 aliphatic carbocycles. The van der Waals surface area contributed by atoms with Crippen molar-refractivity contribution in [1.82, 2.24) is 0 Å². The summed E-state index contributed by atoms with van der Waals surface area (Å²) in [6, 6.07) is 4.23. The molecule has 2 rings (SSSR count). The third-order valence-electron chi connectivity index (χ3n) is 3.45. The van der Waals surface area contributed by atoms with E-state index in [2.05, 4.69) is 52.8 Å². The summed E-state index contributed by atoms with van der Waals surface area (Å²) in [5.74, 6) is 1.99. The van der Waals surface area contributed by atoms with E-state index in [1.54, 1.807) is 11.3 Å². The van der Waals surface area contributed by atoms with E-state index in [0.29, 0.717) is 0 Å². The van der Waals surface area contributed by atoms with Crippen molar-refractivity contribution < 1.29 is 9.31 Å². The molecule has 0 radical (unpaired) electrons. The molecule has 2 heterocycles. The molecule has 1 fully saturated rings. The summed E-state index contributed by atoms with van der Waals surface area (Å²) in [4.78, 5) is 2.55. The van der Waals surface area contributed by atoms with Crippen LogP contribution in [0.3, 0.4) is 0 Å². The maximum absolute atomic E-state index is 5.89. The summed E-state index contributed by atoms with van der Waals surface area (Å²) in [7, 11) is -0.248. The van der Waals surface area contributed by atoms with E-state index in [1.165, 1.54) is 9.75 Å². The zero-order valence-corrected chi connectivity index (χ0v) is 11.9. The molecular weight excluding hydrogens is 231 g/mol. The lowest BCUT2D eigenvalue weighted by Gasteiger charge is -2.32. The van der Waals surface area contributed by atoms with Gasteiger partial charge in [-0.05, 0) is 46.8 Å². The normalized spacial score (nSPS) is 22.5. The molecule has 1 aliphatic heterocycles. The van der Waals surface area contributed by atoms with Gasteiger partial charge in [0, 0.05) is 9.75 Å². The molecule has 1 aliphatic rings. The van der Waals surface area contributed by atoms with Crippen LogP contribution in [0.1, 0.15) is 37.4 Å². The lowest BCUT2D eigenvalue weighted by molar-refractivity contribution is 0.00578. The van der Waals surface area contributed by atoms with Crippen molar-refractivity contribution in [2.24, 2.45) is 0 Å². The smallest absolute Gasteiger partial charge is 0.400 e. The first-order valence-corrected chi connectivity index (χ1v) is 6.72. The Labute approximate surface area is 108 Å². The van der Waals surface area contributed by atoms with E-state index < -0.39 is 0 Å². The first kappa shape index (κ1) is 12.9. The van der Waals surface area contributed by atoms with Crippen molar-refractivity contribution in [3.63, 3.8) is 0 Å². The van der Waals surface area contributed by atoms with Crippen molar-refractivity contribution in [2.75, 3.05) is 0 Å². The number of rotatable bonds is 2. The van der Waals surface area contributed by atoms with Gasteiger partial charge in [0.15, 0.2) is 0 Å². The largest absolute Gasteiger partial charge is 0.487 e. The van der Waals surface area contributed by atoms with Crippen LogP contribution in [0.4, 0.5) is 0 Å². The maximum atomic E-state index is 5.89. The van der Waals surface area contributed by atoms with Gasteiger partial charge in [-0.25, -0.2) is 0 Å². The summed E-state index contributed by atoms with van der Waals surface area (Å²) in [5, 5.41) is 0. The summed E-state index contributed by atoms with van der Waals surface area (Å²) in [5.41, 5.74) is -0.513. The second-order valence-electron chi connectivity index (χ2n) is 5.43. The highest BCUT2D eigenvalue weighted by Crippen LogP contribution is 2.37. The molecule has 0 unspecified atom stereocenters. The van der Waals surface area contributed by atoms with Gasteiger partial charge in [0.05, 0.1) is 11.2 Å². The quantitative estimate of drug-likeness (QED) is 0.745. The number of hydrogen-bond acceptors (Lipinski definition) is 3. The summed E-state index contributed by atoms with van der Waals surface area (Å²) < 4.78 is 11.8. The molecule has 1 aromatic rings. The van der Waals surface area contributed by atoms with Gasteiger partial charge in [-0.1, -0.05) is 12.1 Å². The van der Waals surface area contributed by atoms with Crippen molar-refractivity contribution in [2.45, 2.75) is 45.8 Å². The molecule has 0 N–H and O–H groups in total. The second-order valence-corrected chi connectivity index (χ2v) is 6.75. The third kappa shape index (κ3) is 2.64. The van der Waals surface area contributed by atoms with E-state index in [0.717, 1.165) is 0 Å². The van der Waals surface area contributed by atoms with Gasteiger partial charge in [0.25, 0.3) is 0 Å². The van der Waals surface area contributed by atoms with Crippen LogP contribution < -0.4 is 0 Å². The van der Waals surface area contributed by atoms with Gasteiger partial charge in [-0.15, -0.1) is 11.3 Å². The molecule has 0 saturated carbocycles. The molecule has 0 bridgehead atoms. The van der Waals surface area contributed by atoms with E-state index >= 15 is 0 Å². The SMILES string of the molecule is Cc1ccc(/C=C/B2OC(C)(C)C(C)(C)O2)s1. The van der Waals surface area contributed by atoms with Gasteiger partial charge in [-0.2, -0.15) is 0 Å². The number of thiophene rings is 1. The summed E-state index contributed by atoms with van der Waals surface area (Å²) in [6.07, 6.45) is 2.07. The van der Waals surface area contributed by atoms with Crippen LogP contribution in [-0.2, 0) is 9.31 Å². The Bertz CT molecular complexity index is 418. The van der Waals surface area contributed by atoms with Gasteiger partial charge >= 0.3 is 7.12 Å². The highest BCUT2D eigenvalue weighted by molar-refractivity contribution is 7.12. The first-order chi connectivity index (χ1) is 7.80. The zero-order valence-electron chi connectivity index (χ0n) is 11.1. The standard InChI is InChI=1S/C13H19BO2S/c1-10-6-7-11(17-10)8-9-14-15-12(2,3)13(4,5)16-14/h6-9H,1-5H3/b9-8+. The van der Waals surface area contributed by atoms with E-state index in [1.807, 2.05) is 5.98 Å². The molecule has 0 amide bonds. The van der Waals surface area contributed by atoms with Crippen LogP contribution in [0, 0.1) is 6.92 Å². The van der Waals surface area contributed by atoms with Crippen LogP contribution in [-0.4, -0.2) is 18.3 Å². The van der Waals surface area contributed by atoms with Crippen molar-refractivity contribution in [1.29, 1.82) is 0 Å². The van der Waals surface area contributed by atoms with E-state index in [4.69, 9.17) is 9.31 Å². The Morgan fingerprint density at radius 1 is 1.12 bits per heavy atom. The molecule has 0 atom stereocenters. The van der Waals surface area contributed by atoms with Gasteiger partial charge in [0.2, 0.25) is 0 Å². The topological polar surface area (TPSA) is 18.5 Å². The fraction of sp³-hybridized carbons (Fsp3) is 0.538. The molecule has 1 saturated heterocycles. The highest BCUT2D eigenvalue weighted by atomic mass is 32.1. The van der Waals surface area contributed by atoms with Crippen LogP contribution in [0.25, 0.3) is 6.08 Å². The Morgan fingerprint density at radius 2 is 1.71 bits per heavy atom. The molecule has 0 spiro atoms. The summed E-state index contributed by atoms with van der Waals surface area (Å²) >= 11 is 1.77. The molecular formula is C13H19BO2S. The van der Waals surface area contributed by atoms with Crippen molar-refractivity contribution >= 4 is 24.5 Å². The van der Waals surface area contributed by atoms with Crippen LogP contribution in [0.5, 0.6) is 0 Å². The minimum Gasteiger partial charge on any atom is -0.400 e. The van der Waals surface area contributed by atoms with Crippen molar-refractivity contribution in [3.05, 3.63) is 27.9 Å². The average Bonchev–Trinajstić information content (AvgIpc) is 2.67. The van der Waals surface area contributed by atoms with Gasteiger partial charge in [-0.3, -0.25) is 0 Å². The maximum Gasteiger partial charge on any atom is 0.487 e. The fourth-order valence-electron chi connectivity index (χ4n) is 1.68. The molecule has 4 heteroatoms. The lowest BCUT2D eigenvalue weighted by atomic mass is 9.90. The second kappa shape index (κ2) is 4.27. The van der Waals surface area contributed by atoms with E-state index in [-0.39, 0.29) is 18.3 Å². The van der Waals surface area contributed by atoms with E-state index in [9.17, 15) is 0 Å². The average molecular weight is 250 g/mol. The Morgan fingerprint density at radius 3 is 2.18 bits per heavy atom. The predicted molar refractivity (Wildman–Crippen MR) is 74.2 cm³/mol. The molecule has 2 nitrogen and oxygen atoms in total. The fourth-order valence-corrected chi connectivity index (χ4v) is 2.47. The molecule has 17 heavy (non-hydrogen) atoms. The van der Waals surface area contributed by atoms with Crippen LogP contribution in [0.2, 0.25) is 0 Å². The van der Waals surface area contributed by atoms with Crippen molar-refractivity contribution in [3.8, 4) is 0 Å². The number of hydrogen-bond donors (Lipinski definition) is 0. The lowest BCUT2D eigenvalue weighted by Crippen LogP contribution is -2.41. The molecule has 92 valence electrons. The predicted octanol–water partition coefficient (Wildman–Crippen LogP) is 3.70.